The SMILES string of the molecule is CC(C)CP(=O)(CC(C)(C)C)NC(C)C. The van der Waals surface area contributed by atoms with E-state index >= 15 is 0 Å². The highest BCUT2D eigenvalue weighted by Gasteiger charge is 2.29. The lowest BCUT2D eigenvalue weighted by atomic mass is 10.0. The van der Waals surface area contributed by atoms with E-state index in [0.717, 1.165) is 12.3 Å². The molecule has 0 radical (unpaired) electrons. The summed E-state index contributed by atoms with van der Waals surface area (Å²) in [7, 11) is -2.20. The van der Waals surface area contributed by atoms with Gasteiger partial charge in [0.05, 0.1) is 0 Å². The van der Waals surface area contributed by atoms with Gasteiger partial charge in [0.15, 0.2) is 0 Å². The first kappa shape index (κ1) is 15.2. The minimum Gasteiger partial charge on any atom is -0.307 e. The Hall–Kier alpha value is 0.190. The van der Waals surface area contributed by atoms with Crippen LogP contribution in [0.15, 0.2) is 0 Å². The van der Waals surface area contributed by atoms with Gasteiger partial charge in [0.2, 0.25) is 0 Å². The monoisotopic (exact) mass is 233 g/mol. The van der Waals surface area contributed by atoms with Gasteiger partial charge in [-0.3, -0.25) is 5.09 Å². The van der Waals surface area contributed by atoms with Crippen molar-refractivity contribution in [3.8, 4) is 0 Å². The maximum Gasteiger partial charge on any atom is 0.148 e. The summed E-state index contributed by atoms with van der Waals surface area (Å²) in [6.07, 6.45) is 1.60. The van der Waals surface area contributed by atoms with Gasteiger partial charge in [-0.1, -0.05) is 34.6 Å². The second kappa shape index (κ2) is 5.50. The van der Waals surface area contributed by atoms with Gasteiger partial charge in [0, 0.05) is 18.4 Å². The van der Waals surface area contributed by atoms with Gasteiger partial charge in [0.1, 0.15) is 7.29 Å². The van der Waals surface area contributed by atoms with Crippen LogP contribution in [0.4, 0.5) is 0 Å². The molecule has 0 bridgehead atoms. The summed E-state index contributed by atoms with van der Waals surface area (Å²) in [5.41, 5.74) is 0.131. The summed E-state index contributed by atoms with van der Waals surface area (Å²) in [6.45, 7) is 14.9. The molecule has 1 atom stereocenters. The molecule has 0 spiro atoms. The number of rotatable bonds is 5. The predicted octanol–water partition coefficient (Wildman–Crippen LogP) is 3.96. The highest BCUT2D eigenvalue weighted by atomic mass is 31.2. The summed E-state index contributed by atoms with van der Waals surface area (Å²) >= 11 is 0. The fourth-order valence-corrected chi connectivity index (χ4v) is 5.97. The topological polar surface area (TPSA) is 29.1 Å². The minimum atomic E-state index is -2.20. The van der Waals surface area contributed by atoms with Crippen LogP contribution in [-0.4, -0.2) is 18.4 Å². The molecule has 0 saturated heterocycles. The normalized spacial score (nSPS) is 17.1. The fraction of sp³-hybridized carbons (Fsp3) is 1.00. The number of hydrogen-bond acceptors (Lipinski definition) is 1. The van der Waals surface area contributed by atoms with Gasteiger partial charge in [-0.25, -0.2) is 0 Å². The molecule has 0 aliphatic rings. The first-order chi connectivity index (χ1) is 6.54. The van der Waals surface area contributed by atoms with Crippen LogP contribution >= 0.6 is 7.29 Å². The Labute approximate surface area is 95.6 Å². The lowest BCUT2D eigenvalue weighted by Gasteiger charge is -2.30. The van der Waals surface area contributed by atoms with Crippen molar-refractivity contribution in [2.45, 2.75) is 54.5 Å². The minimum absolute atomic E-state index is 0.131. The van der Waals surface area contributed by atoms with E-state index in [1.54, 1.807) is 0 Å². The highest BCUT2D eigenvalue weighted by molar-refractivity contribution is 7.62. The van der Waals surface area contributed by atoms with Crippen molar-refractivity contribution >= 4 is 7.29 Å². The van der Waals surface area contributed by atoms with Crippen LogP contribution in [0.2, 0.25) is 0 Å². The summed E-state index contributed by atoms with van der Waals surface area (Å²) < 4.78 is 12.7. The third-order valence-corrected chi connectivity index (χ3v) is 5.65. The third kappa shape index (κ3) is 8.04. The smallest absolute Gasteiger partial charge is 0.148 e. The maximum absolute atomic E-state index is 12.7. The molecule has 1 unspecified atom stereocenters. The quantitative estimate of drug-likeness (QED) is 0.728. The zero-order valence-corrected chi connectivity index (χ0v) is 12.3. The zero-order valence-electron chi connectivity index (χ0n) is 11.4. The molecular weight excluding hydrogens is 205 g/mol. The molecule has 0 aliphatic heterocycles. The second-order valence-corrected chi connectivity index (χ2v) is 9.19. The molecule has 0 aromatic heterocycles. The molecular formula is C12H28NOP. The standard InChI is InChI=1S/C12H28NOP/c1-10(2)8-15(14,13-11(3)4)9-12(5,6)7/h10-11H,8-9H2,1-7H3,(H,13,14). The van der Waals surface area contributed by atoms with Crippen molar-refractivity contribution in [1.82, 2.24) is 5.09 Å². The van der Waals surface area contributed by atoms with Gasteiger partial charge in [-0.2, -0.15) is 0 Å². The Balaban J connectivity index is 4.63. The van der Waals surface area contributed by atoms with Crippen molar-refractivity contribution in [1.29, 1.82) is 0 Å². The highest BCUT2D eigenvalue weighted by Crippen LogP contribution is 2.48. The lowest BCUT2D eigenvalue weighted by Crippen LogP contribution is -2.28. The predicted molar refractivity (Wildman–Crippen MR) is 69.9 cm³/mol. The molecule has 0 aromatic carbocycles. The molecule has 0 saturated carbocycles. The first-order valence-electron chi connectivity index (χ1n) is 5.90. The summed E-state index contributed by atoms with van der Waals surface area (Å²) in [6, 6.07) is 0.303. The average Bonchev–Trinajstić information content (AvgIpc) is 1.73. The molecule has 0 amide bonds. The van der Waals surface area contributed by atoms with Crippen LogP contribution in [0.3, 0.4) is 0 Å². The molecule has 15 heavy (non-hydrogen) atoms. The van der Waals surface area contributed by atoms with Crippen LogP contribution in [-0.2, 0) is 4.57 Å². The van der Waals surface area contributed by atoms with Gasteiger partial charge in [-0.15, -0.1) is 0 Å². The zero-order chi connectivity index (χ0) is 12.3. The average molecular weight is 233 g/mol. The molecule has 2 nitrogen and oxygen atoms in total. The van der Waals surface area contributed by atoms with Crippen molar-refractivity contribution in [3.63, 3.8) is 0 Å². The molecule has 0 fully saturated rings. The second-order valence-electron chi connectivity index (χ2n) is 6.47. The fourth-order valence-electron chi connectivity index (χ4n) is 1.99. The van der Waals surface area contributed by atoms with E-state index in [0.29, 0.717) is 12.0 Å². The molecule has 0 aliphatic carbocycles. The molecule has 0 rings (SSSR count). The Kier molecular flexibility index (Phi) is 5.57. The van der Waals surface area contributed by atoms with Crippen molar-refractivity contribution < 1.29 is 4.57 Å². The van der Waals surface area contributed by atoms with Crippen LogP contribution in [0.5, 0.6) is 0 Å². The van der Waals surface area contributed by atoms with E-state index in [1.807, 2.05) is 0 Å². The van der Waals surface area contributed by atoms with Gasteiger partial charge in [0.25, 0.3) is 0 Å². The van der Waals surface area contributed by atoms with Crippen LogP contribution in [0.25, 0.3) is 0 Å². The lowest BCUT2D eigenvalue weighted by molar-refractivity contribution is 0.451. The summed E-state index contributed by atoms with van der Waals surface area (Å²) in [5.74, 6) is 0.490. The Bertz CT molecular complexity index is 214. The molecule has 1 N–H and O–H groups in total. The summed E-state index contributed by atoms with van der Waals surface area (Å²) in [5, 5.41) is 3.30. The van der Waals surface area contributed by atoms with Crippen LogP contribution in [0.1, 0.15) is 48.5 Å². The van der Waals surface area contributed by atoms with E-state index in [9.17, 15) is 4.57 Å². The molecule has 92 valence electrons. The van der Waals surface area contributed by atoms with Crippen molar-refractivity contribution in [2.75, 3.05) is 12.3 Å². The molecule has 0 heterocycles. The van der Waals surface area contributed by atoms with Crippen LogP contribution < -0.4 is 5.09 Å². The van der Waals surface area contributed by atoms with Crippen molar-refractivity contribution in [2.24, 2.45) is 11.3 Å². The summed E-state index contributed by atoms with van der Waals surface area (Å²) in [4.78, 5) is 0. The van der Waals surface area contributed by atoms with Gasteiger partial charge < -0.3 is 4.57 Å². The van der Waals surface area contributed by atoms with Crippen LogP contribution in [0, 0.1) is 11.3 Å². The largest absolute Gasteiger partial charge is 0.307 e. The van der Waals surface area contributed by atoms with E-state index < -0.39 is 7.29 Å². The van der Waals surface area contributed by atoms with E-state index in [2.05, 4.69) is 53.6 Å². The third-order valence-electron chi connectivity index (χ3n) is 1.88. The first-order valence-corrected chi connectivity index (χ1v) is 7.98. The Morgan fingerprint density at radius 3 is 1.87 bits per heavy atom. The number of hydrogen-bond donors (Lipinski definition) is 1. The van der Waals surface area contributed by atoms with Crippen molar-refractivity contribution in [3.05, 3.63) is 0 Å². The Morgan fingerprint density at radius 1 is 1.13 bits per heavy atom. The Morgan fingerprint density at radius 2 is 1.60 bits per heavy atom. The molecule has 3 heteroatoms. The van der Waals surface area contributed by atoms with E-state index in [4.69, 9.17) is 0 Å². The van der Waals surface area contributed by atoms with E-state index in [1.165, 1.54) is 0 Å². The van der Waals surface area contributed by atoms with Gasteiger partial charge >= 0.3 is 0 Å². The number of nitrogens with one attached hydrogen (secondary N) is 1. The van der Waals surface area contributed by atoms with Gasteiger partial charge in [-0.05, 0) is 25.2 Å². The maximum atomic E-state index is 12.7. The molecule has 0 aromatic rings. The van der Waals surface area contributed by atoms with E-state index in [-0.39, 0.29) is 5.41 Å².